The lowest BCUT2D eigenvalue weighted by Crippen LogP contribution is -2.17. The van der Waals surface area contributed by atoms with E-state index in [0.29, 0.717) is 0 Å². The molecule has 0 unspecified atom stereocenters. The van der Waals surface area contributed by atoms with Gasteiger partial charge < -0.3 is 5.32 Å². The zero-order valence-corrected chi connectivity index (χ0v) is 13.9. The largest absolute Gasteiger partial charge is 0.311 e. The van der Waals surface area contributed by atoms with Crippen molar-refractivity contribution in [1.82, 2.24) is 15.3 Å². The summed E-state index contributed by atoms with van der Waals surface area (Å²) < 4.78 is 2.00. The second kappa shape index (κ2) is 6.75. The van der Waals surface area contributed by atoms with Crippen molar-refractivity contribution in [2.24, 2.45) is 0 Å². The van der Waals surface area contributed by atoms with E-state index >= 15 is 0 Å². The molecule has 2 rings (SSSR count). The summed E-state index contributed by atoms with van der Waals surface area (Å²) in [5.74, 6) is 0. The highest BCUT2D eigenvalue weighted by molar-refractivity contribution is 9.11. The number of nitrogens with zero attached hydrogens (tertiary/aromatic N) is 2. The van der Waals surface area contributed by atoms with Crippen LogP contribution >= 0.6 is 43.2 Å². The molecule has 6 heteroatoms. The van der Waals surface area contributed by atoms with E-state index < -0.39 is 0 Å². The van der Waals surface area contributed by atoms with Crippen molar-refractivity contribution >= 4 is 43.2 Å². The second-order valence-electron chi connectivity index (χ2n) is 3.87. The van der Waals surface area contributed by atoms with Crippen molar-refractivity contribution < 1.29 is 0 Å². The predicted octanol–water partition coefficient (Wildman–Crippen LogP) is 3.70. The number of hydrogen-bond donors (Lipinski definition) is 1. The Morgan fingerprint density at radius 1 is 1.39 bits per heavy atom. The average molecular weight is 391 g/mol. The Balaban J connectivity index is 1.78. The highest BCUT2D eigenvalue weighted by Crippen LogP contribution is 2.19. The van der Waals surface area contributed by atoms with Crippen molar-refractivity contribution in [3.8, 4) is 0 Å². The maximum Gasteiger partial charge on any atom is 0.0897 e. The van der Waals surface area contributed by atoms with Crippen LogP contribution in [0.2, 0.25) is 0 Å². The summed E-state index contributed by atoms with van der Waals surface area (Å²) in [6.45, 7) is 3.70. The van der Waals surface area contributed by atoms with E-state index in [0.717, 1.165) is 44.9 Å². The highest BCUT2D eigenvalue weighted by atomic mass is 79.9. The van der Waals surface area contributed by atoms with E-state index in [4.69, 9.17) is 0 Å². The zero-order chi connectivity index (χ0) is 13.0. The molecule has 2 heterocycles. The quantitative estimate of drug-likeness (QED) is 0.791. The molecule has 0 saturated carbocycles. The van der Waals surface area contributed by atoms with Crippen molar-refractivity contribution in [3.63, 3.8) is 0 Å². The first-order valence-corrected chi connectivity index (χ1v) is 8.03. The van der Waals surface area contributed by atoms with Crippen LogP contribution in [0.4, 0.5) is 0 Å². The Morgan fingerprint density at radius 3 is 2.89 bits per heavy atom. The summed E-state index contributed by atoms with van der Waals surface area (Å²) in [5, 5.41) is 6.62. The molecule has 0 amide bonds. The Kier molecular flexibility index (Phi) is 5.29. The number of pyridine rings is 1. The van der Waals surface area contributed by atoms with Gasteiger partial charge in [0.25, 0.3) is 0 Å². The van der Waals surface area contributed by atoms with Crippen LogP contribution in [0.1, 0.15) is 16.4 Å². The van der Waals surface area contributed by atoms with Crippen LogP contribution in [0.15, 0.2) is 26.6 Å². The third-order valence-electron chi connectivity index (χ3n) is 2.40. The fourth-order valence-corrected chi connectivity index (χ4v) is 3.29. The van der Waals surface area contributed by atoms with Crippen molar-refractivity contribution in [2.45, 2.75) is 19.9 Å². The molecule has 3 nitrogen and oxygen atoms in total. The molecule has 96 valence electrons. The molecule has 0 bridgehead atoms. The Hall–Kier alpha value is -0.300. The average Bonchev–Trinajstić information content (AvgIpc) is 2.73. The lowest BCUT2D eigenvalue weighted by Gasteiger charge is -2.05. The van der Waals surface area contributed by atoms with Crippen LogP contribution in [-0.2, 0) is 13.0 Å². The number of hydrogen-bond acceptors (Lipinski definition) is 4. The molecule has 18 heavy (non-hydrogen) atoms. The fourth-order valence-electron chi connectivity index (χ4n) is 1.52. The molecular formula is C12H13Br2N3S. The maximum absolute atomic E-state index is 4.43. The molecule has 0 aliphatic heterocycles. The minimum atomic E-state index is 0.761. The van der Waals surface area contributed by atoms with Crippen molar-refractivity contribution in [1.29, 1.82) is 0 Å². The monoisotopic (exact) mass is 389 g/mol. The third kappa shape index (κ3) is 4.12. The topological polar surface area (TPSA) is 37.8 Å². The summed E-state index contributed by atoms with van der Waals surface area (Å²) in [6, 6.07) is 2.01. The lowest BCUT2D eigenvalue weighted by atomic mass is 10.3. The van der Waals surface area contributed by atoms with Gasteiger partial charge in [0.1, 0.15) is 0 Å². The maximum atomic E-state index is 4.43. The number of aromatic nitrogens is 2. The zero-order valence-electron chi connectivity index (χ0n) is 9.91. The van der Waals surface area contributed by atoms with Gasteiger partial charge in [-0.3, -0.25) is 4.98 Å². The molecule has 0 aliphatic rings. The Bertz CT molecular complexity index is 528. The van der Waals surface area contributed by atoms with Gasteiger partial charge in [0.15, 0.2) is 0 Å². The van der Waals surface area contributed by atoms with E-state index in [1.54, 1.807) is 11.3 Å². The molecule has 0 aromatic carbocycles. The molecular weight excluding hydrogens is 378 g/mol. The molecule has 0 radical (unpaired) electrons. The number of aryl methyl sites for hydroxylation is 1. The van der Waals surface area contributed by atoms with Gasteiger partial charge in [0.05, 0.1) is 16.4 Å². The Labute approximate surface area is 127 Å². The molecule has 0 atom stereocenters. The summed E-state index contributed by atoms with van der Waals surface area (Å²) >= 11 is 8.59. The van der Waals surface area contributed by atoms with Crippen LogP contribution in [0.3, 0.4) is 0 Å². The van der Waals surface area contributed by atoms with E-state index in [1.165, 1.54) is 0 Å². The van der Waals surface area contributed by atoms with Crippen LogP contribution < -0.4 is 5.32 Å². The smallest absolute Gasteiger partial charge is 0.0897 e. The standard InChI is InChI=1S/C12H13Br2N3S/c1-8-17-10(7-18-8)2-3-15-6-12-11(14)4-9(13)5-16-12/h4-5,7,15H,2-3,6H2,1H3. The number of rotatable bonds is 5. The summed E-state index contributed by atoms with van der Waals surface area (Å²) in [5.41, 5.74) is 2.18. The van der Waals surface area contributed by atoms with Crippen molar-refractivity contribution in [3.05, 3.63) is 43.0 Å². The van der Waals surface area contributed by atoms with Gasteiger partial charge in [-0.25, -0.2) is 4.98 Å². The summed E-state index contributed by atoms with van der Waals surface area (Å²) in [7, 11) is 0. The van der Waals surface area contributed by atoms with E-state index in [9.17, 15) is 0 Å². The van der Waals surface area contributed by atoms with Gasteiger partial charge in [0, 0.05) is 40.0 Å². The second-order valence-corrected chi connectivity index (χ2v) is 6.70. The van der Waals surface area contributed by atoms with Crippen LogP contribution in [0, 0.1) is 6.92 Å². The molecule has 0 saturated heterocycles. The molecule has 1 N–H and O–H groups in total. The normalized spacial score (nSPS) is 10.8. The van der Waals surface area contributed by atoms with Gasteiger partial charge in [-0.1, -0.05) is 0 Å². The molecule has 0 spiro atoms. The Morgan fingerprint density at radius 2 is 2.22 bits per heavy atom. The lowest BCUT2D eigenvalue weighted by molar-refractivity contribution is 0.667. The first-order chi connectivity index (χ1) is 8.65. The van der Waals surface area contributed by atoms with Crippen LogP contribution in [0.5, 0.6) is 0 Å². The van der Waals surface area contributed by atoms with Crippen LogP contribution in [-0.4, -0.2) is 16.5 Å². The van der Waals surface area contributed by atoms with Gasteiger partial charge in [-0.15, -0.1) is 11.3 Å². The van der Waals surface area contributed by atoms with Gasteiger partial charge in [-0.2, -0.15) is 0 Å². The first kappa shape index (κ1) is 14.1. The minimum Gasteiger partial charge on any atom is -0.311 e. The third-order valence-corrected chi connectivity index (χ3v) is 4.34. The van der Waals surface area contributed by atoms with Crippen molar-refractivity contribution in [2.75, 3.05) is 6.54 Å². The van der Waals surface area contributed by atoms with E-state index in [-0.39, 0.29) is 0 Å². The molecule has 0 aliphatic carbocycles. The van der Waals surface area contributed by atoms with E-state index in [2.05, 4.69) is 52.5 Å². The SMILES string of the molecule is Cc1nc(CCNCc2ncc(Br)cc2Br)cs1. The molecule has 2 aromatic heterocycles. The molecule has 0 fully saturated rings. The fraction of sp³-hybridized carbons (Fsp3) is 0.333. The molecule has 2 aromatic rings. The highest BCUT2D eigenvalue weighted by Gasteiger charge is 2.02. The van der Waals surface area contributed by atoms with Gasteiger partial charge in [-0.05, 0) is 44.8 Å². The van der Waals surface area contributed by atoms with Gasteiger partial charge >= 0.3 is 0 Å². The van der Waals surface area contributed by atoms with E-state index in [1.807, 2.05) is 19.2 Å². The first-order valence-electron chi connectivity index (χ1n) is 5.57. The number of nitrogens with one attached hydrogen (secondary N) is 1. The van der Waals surface area contributed by atoms with Gasteiger partial charge in [0.2, 0.25) is 0 Å². The predicted molar refractivity (Wildman–Crippen MR) is 81.9 cm³/mol. The van der Waals surface area contributed by atoms with Crippen LogP contribution in [0.25, 0.3) is 0 Å². The minimum absolute atomic E-state index is 0.761. The number of halogens is 2. The summed E-state index contributed by atoms with van der Waals surface area (Å²) in [6.07, 6.45) is 2.77. The summed E-state index contributed by atoms with van der Waals surface area (Å²) in [4.78, 5) is 8.79. The number of thiazole rings is 1.